The summed E-state index contributed by atoms with van der Waals surface area (Å²) in [6, 6.07) is 13.2. The molecular formula is C20H22N2O6S. The fourth-order valence-electron chi connectivity index (χ4n) is 2.60. The zero-order chi connectivity index (χ0) is 21.4. The van der Waals surface area contributed by atoms with Crippen molar-refractivity contribution in [3.63, 3.8) is 0 Å². The predicted molar refractivity (Wildman–Crippen MR) is 107 cm³/mol. The van der Waals surface area contributed by atoms with Gasteiger partial charge in [0.1, 0.15) is 0 Å². The number of hydrogen-bond donors (Lipinski definition) is 3. The van der Waals surface area contributed by atoms with Gasteiger partial charge in [0.2, 0.25) is 11.8 Å². The van der Waals surface area contributed by atoms with E-state index in [1.54, 1.807) is 24.3 Å². The molecule has 0 radical (unpaired) electrons. The third-order valence-electron chi connectivity index (χ3n) is 4.00. The number of aliphatic carboxylic acids is 1. The number of nitrogens with one attached hydrogen (secondary N) is 2. The molecule has 0 unspecified atom stereocenters. The van der Waals surface area contributed by atoms with Crippen LogP contribution < -0.4 is 10.6 Å². The molecule has 0 aliphatic rings. The molecule has 0 aliphatic heterocycles. The molecular weight excluding hydrogens is 396 g/mol. The molecule has 0 heterocycles. The van der Waals surface area contributed by atoms with Gasteiger partial charge in [-0.2, -0.15) is 0 Å². The Labute approximate surface area is 168 Å². The number of rotatable bonds is 9. The van der Waals surface area contributed by atoms with Gasteiger partial charge in [0.05, 0.1) is 11.3 Å². The van der Waals surface area contributed by atoms with Gasteiger partial charge in [-0.25, -0.2) is 8.42 Å². The molecule has 0 fully saturated rings. The molecule has 154 valence electrons. The molecule has 0 bridgehead atoms. The van der Waals surface area contributed by atoms with Crippen LogP contribution in [0.1, 0.15) is 12.5 Å². The van der Waals surface area contributed by atoms with Gasteiger partial charge in [-0.3, -0.25) is 14.4 Å². The normalized spacial score (nSPS) is 10.9. The second kappa shape index (κ2) is 9.83. The summed E-state index contributed by atoms with van der Waals surface area (Å²) in [5.74, 6) is -2.66. The number of amides is 2. The van der Waals surface area contributed by atoms with Crippen molar-refractivity contribution in [1.29, 1.82) is 0 Å². The van der Waals surface area contributed by atoms with E-state index in [1.165, 1.54) is 19.1 Å². The molecule has 0 atom stereocenters. The third kappa shape index (κ3) is 7.04. The van der Waals surface area contributed by atoms with Gasteiger partial charge >= 0.3 is 5.97 Å². The van der Waals surface area contributed by atoms with E-state index >= 15 is 0 Å². The smallest absolute Gasteiger partial charge is 0.319 e. The first-order chi connectivity index (χ1) is 13.7. The van der Waals surface area contributed by atoms with E-state index in [0.29, 0.717) is 13.1 Å². The molecule has 2 aromatic rings. The standard InChI is InChI=1S/C20H22N2O6S/c1-14(23)21-10-11-22-19(24)12-15-2-4-16(5-3-15)17-6-8-18(9-7-17)29(27,28)13-20(25)26/h2-9H,10-13H2,1H3,(H,21,23)(H,22,24)(H,25,26). The van der Waals surface area contributed by atoms with Crippen molar-refractivity contribution in [1.82, 2.24) is 10.6 Å². The quantitative estimate of drug-likeness (QED) is 0.521. The molecule has 29 heavy (non-hydrogen) atoms. The molecule has 2 amide bonds. The minimum atomic E-state index is -3.86. The van der Waals surface area contributed by atoms with Crippen molar-refractivity contribution in [2.45, 2.75) is 18.2 Å². The van der Waals surface area contributed by atoms with Crippen LogP contribution in [0.3, 0.4) is 0 Å². The lowest BCUT2D eigenvalue weighted by Gasteiger charge is -2.08. The van der Waals surface area contributed by atoms with Crippen LogP contribution in [0.5, 0.6) is 0 Å². The van der Waals surface area contributed by atoms with E-state index < -0.39 is 21.6 Å². The average Bonchev–Trinajstić information content (AvgIpc) is 2.65. The zero-order valence-corrected chi connectivity index (χ0v) is 16.7. The number of carboxylic acid groups (broad SMARTS) is 1. The average molecular weight is 418 g/mol. The van der Waals surface area contributed by atoms with E-state index in [2.05, 4.69) is 10.6 Å². The highest BCUT2D eigenvalue weighted by atomic mass is 32.2. The Bertz CT molecular complexity index is 983. The second-order valence-corrected chi connectivity index (χ2v) is 8.37. The first-order valence-electron chi connectivity index (χ1n) is 8.82. The maximum absolute atomic E-state index is 11.9. The first-order valence-corrected chi connectivity index (χ1v) is 10.5. The van der Waals surface area contributed by atoms with Crippen molar-refractivity contribution in [3.05, 3.63) is 54.1 Å². The van der Waals surface area contributed by atoms with Gasteiger partial charge in [0.25, 0.3) is 0 Å². The van der Waals surface area contributed by atoms with Crippen LogP contribution in [0.25, 0.3) is 11.1 Å². The van der Waals surface area contributed by atoms with Crippen LogP contribution in [-0.4, -0.2) is 50.2 Å². The molecule has 9 heteroatoms. The van der Waals surface area contributed by atoms with Crippen LogP contribution in [0, 0.1) is 0 Å². The summed E-state index contributed by atoms with van der Waals surface area (Å²) >= 11 is 0. The summed E-state index contributed by atoms with van der Waals surface area (Å²) in [7, 11) is -3.86. The number of carbonyl (C=O) groups is 3. The SMILES string of the molecule is CC(=O)NCCNC(=O)Cc1ccc(-c2ccc(S(=O)(=O)CC(=O)O)cc2)cc1. The van der Waals surface area contributed by atoms with Gasteiger partial charge in [0.15, 0.2) is 15.6 Å². The monoisotopic (exact) mass is 418 g/mol. The van der Waals surface area contributed by atoms with Gasteiger partial charge in [0, 0.05) is 20.0 Å². The van der Waals surface area contributed by atoms with Gasteiger partial charge in [-0.15, -0.1) is 0 Å². The number of hydrogen-bond acceptors (Lipinski definition) is 5. The Morgan fingerprint density at radius 3 is 1.90 bits per heavy atom. The summed E-state index contributed by atoms with van der Waals surface area (Å²) in [4.78, 5) is 33.3. The summed E-state index contributed by atoms with van der Waals surface area (Å²) < 4.78 is 23.9. The minimum absolute atomic E-state index is 0.0452. The molecule has 2 rings (SSSR count). The Morgan fingerprint density at radius 2 is 1.38 bits per heavy atom. The Balaban J connectivity index is 1.97. The summed E-state index contributed by atoms with van der Waals surface area (Å²) in [6.45, 7) is 2.14. The van der Waals surface area contributed by atoms with Crippen LogP contribution in [0.2, 0.25) is 0 Å². The maximum Gasteiger partial charge on any atom is 0.319 e. The molecule has 0 spiro atoms. The van der Waals surface area contributed by atoms with Crippen LogP contribution in [-0.2, 0) is 30.6 Å². The van der Waals surface area contributed by atoms with Crippen molar-refractivity contribution < 1.29 is 27.9 Å². The van der Waals surface area contributed by atoms with Crippen molar-refractivity contribution in [2.24, 2.45) is 0 Å². The lowest BCUT2D eigenvalue weighted by Crippen LogP contribution is -2.34. The van der Waals surface area contributed by atoms with Gasteiger partial charge in [-0.05, 0) is 28.8 Å². The van der Waals surface area contributed by atoms with Crippen LogP contribution in [0.4, 0.5) is 0 Å². The second-order valence-electron chi connectivity index (χ2n) is 6.38. The minimum Gasteiger partial charge on any atom is -0.480 e. The summed E-state index contributed by atoms with van der Waals surface area (Å²) in [5.41, 5.74) is 2.42. The lowest BCUT2D eigenvalue weighted by atomic mass is 10.0. The van der Waals surface area contributed by atoms with Gasteiger partial charge < -0.3 is 15.7 Å². The number of sulfone groups is 1. The number of carboxylic acids is 1. The molecule has 0 saturated heterocycles. The molecule has 3 N–H and O–H groups in total. The highest BCUT2D eigenvalue weighted by molar-refractivity contribution is 7.92. The third-order valence-corrected chi connectivity index (χ3v) is 5.62. The molecule has 0 aromatic heterocycles. The van der Waals surface area contributed by atoms with Crippen LogP contribution >= 0.6 is 0 Å². The highest BCUT2D eigenvalue weighted by Crippen LogP contribution is 2.22. The highest BCUT2D eigenvalue weighted by Gasteiger charge is 2.18. The Kier molecular flexibility index (Phi) is 7.49. The molecule has 8 nitrogen and oxygen atoms in total. The fourth-order valence-corrected chi connectivity index (χ4v) is 3.65. The zero-order valence-electron chi connectivity index (χ0n) is 15.8. The molecule has 0 aliphatic carbocycles. The predicted octanol–water partition coefficient (Wildman–Crippen LogP) is 1.01. The largest absolute Gasteiger partial charge is 0.480 e. The van der Waals surface area contributed by atoms with Crippen molar-refractivity contribution >= 4 is 27.6 Å². The van der Waals surface area contributed by atoms with E-state index in [0.717, 1.165) is 16.7 Å². The van der Waals surface area contributed by atoms with E-state index in [9.17, 15) is 22.8 Å². The van der Waals surface area contributed by atoms with Crippen molar-refractivity contribution in [2.75, 3.05) is 18.8 Å². The number of benzene rings is 2. The first kappa shape index (κ1) is 22.1. The Morgan fingerprint density at radius 1 is 0.862 bits per heavy atom. The summed E-state index contributed by atoms with van der Waals surface area (Å²) in [5, 5.41) is 14.0. The maximum atomic E-state index is 11.9. The topological polar surface area (TPSA) is 130 Å². The van der Waals surface area contributed by atoms with Crippen molar-refractivity contribution in [3.8, 4) is 11.1 Å². The number of carbonyl (C=O) groups excluding carboxylic acids is 2. The lowest BCUT2D eigenvalue weighted by molar-refractivity contribution is -0.134. The molecule has 2 aromatic carbocycles. The van der Waals surface area contributed by atoms with Gasteiger partial charge in [-0.1, -0.05) is 36.4 Å². The van der Waals surface area contributed by atoms with E-state index in [-0.39, 0.29) is 23.1 Å². The molecule has 0 saturated carbocycles. The van der Waals surface area contributed by atoms with E-state index in [1.807, 2.05) is 12.1 Å². The van der Waals surface area contributed by atoms with Crippen LogP contribution in [0.15, 0.2) is 53.4 Å². The van der Waals surface area contributed by atoms with E-state index in [4.69, 9.17) is 5.11 Å². The Hall–Kier alpha value is -3.20. The fraction of sp³-hybridized carbons (Fsp3) is 0.250. The summed E-state index contributed by atoms with van der Waals surface area (Å²) in [6.07, 6.45) is 0.201.